The maximum Gasteiger partial charge on any atom is 0.416 e. The van der Waals surface area contributed by atoms with E-state index in [-0.39, 0.29) is 30.9 Å². The van der Waals surface area contributed by atoms with E-state index in [1.165, 1.54) is 6.07 Å². The summed E-state index contributed by atoms with van der Waals surface area (Å²) in [5.74, 6) is -0.238. The Hall–Kier alpha value is -0.560. The van der Waals surface area contributed by atoms with Gasteiger partial charge in [0.2, 0.25) is 0 Å². The Morgan fingerprint density at radius 1 is 1.08 bits per heavy atom. The molecule has 1 N–H and O–H groups in total. The second-order valence-electron chi connectivity index (χ2n) is 6.25. The van der Waals surface area contributed by atoms with Gasteiger partial charge >= 0.3 is 6.18 Å². The number of hydrogen-bond donors (Lipinski definition) is 1. The Balaban J connectivity index is 0.00000144. The molecular weight excluding hydrogens is 367 g/mol. The predicted molar refractivity (Wildman–Crippen MR) is 90.4 cm³/mol. The first kappa shape index (κ1) is 21.5. The van der Waals surface area contributed by atoms with Gasteiger partial charge in [0.1, 0.15) is 5.82 Å². The summed E-state index contributed by atoms with van der Waals surface area (Å²) in [5, 5.41) is 3.24. The number of rotatable bonds is 4. The van der Waals surface area contributed by atoms with Gasteiger partial charge < -0.3 is 5.32 Å². The highest BCUT2D eigenvalue weighted by Gasteiger charge is 2.34. The predicted octanol–water partition coefficient (Wildman–Crippen LogP) is 4.43. The summed E-state index contributed by atoms with van der Waals surface area (Å²) in [5.41, 5.74) is -0.431. The Morgan fingerprint density at radius 3 is 2.25 bits per heavy atom. The normalized spacial score (nSPS) is 20.0. The van der Waals surface area contributed by atoms with Crippen LogP contribution >= 0.6 is 24.8 Å². The van der Waals surface area contributed by atoms with Gasteiger partial charge in [-0.25, -0.2) is 4.39 Å². The minimum absolute atomic E-state index is 0. The summed E-state index contributed by atoms with van der Waals surface area (Å²) in [7, 11) is 0. The van der Waals surface area contributed by atoms with Crippen molar-refractivity contribution >= 4 is 24.8 Å². The van der Waals surface area contributed by atoms with Crippen molar-refractivity contribution in [1.29, 1.82) is 0 Å². The van der Waals surface area contributed by atoms with Gasteiger partial charge in [0.25, 0.3) is 0 Å². The fraction of sp³-hybridized carbons (Fsp3) is 0.625. The molecule has 8 heteroatoms. The highest BCUT2D eigenvalue weighted by atomic mass is 35.5. The molecule has 1 aromatic carbocycles. The summed E-state index contributed by atoms with van der Waals surface area (Å²) in [6.45, 7) is 3.22. The molecule has 2 nitrogen and oxygen atoms in total. The molecule has 138 valence electrons. The number of piperazine rings is 1. The van der Waals surface area contributed by atoms with E-state index in [4.69, 9.17) is 0 Å². The van der Waals surface area contributed by atoms with Crippen LogP contribution in [-0.4, -0.2) is 31.1 Å². The first-order valence-corrected chi connectivity index (χ1v) is 7.76. The van der Waals surface area contributed by atoms with Crippen LogP contribution in [0.25, 0.3) is 0 Å². The van der Waals surface area contributed by atoms with Crippen LogP contribution in [0.5, 0.6) is 0 Å². The average molecular weight is 389 g/mol. The lowest BCUT2D eigenvalue weighted by Gasteiger charge is -2.35. The summed E-state index contributed by atoms with van der Waals surface area (Å²) in [6.07, 6.45) is -1.43. The molecule has 0 radical (unpaired) electrons. The molecule has 0 unspecified atom stereocenters. The van der Waals surface area contributed by atoms with Gasteiger partial charge in [-0.1, -0.05) is 12.8 Å². The molecule has 1 aliphatic heterocycles. The van der Waals surface area contributed by atoms with Crippen molar-refractivity contribution in [2.45, 2.75) is 31.5 Å². The lowest BCUT2D eigenvalue weighted by Crippen LogP contribution is -2.45. The molecule has 1 saturated carbocycles. The summed E-state index contributed by atoms with van der Waals surface area (Å²) in [4.78, 5) is 2.18. The maximum absolute atomic E-state index is 13.7. The van der Waals surface area contributed by atoms with Crippen molar-refractivity contribution in [3.63, 3.8) is 0 Å². The van der Waals surface area contributed by atoms with Crippen LogP contribution in [0.4, 0.5) is 17.6 Å². The van der Waals surface area contributed by atoms with Gasteiger partial charge in [-0.3, -0.25) is 4.90 Å². The second kappa shape index (κ2) is 8.70. The highest BCUT2D eigenvalue weighted by molar-refractivity contribution is 5.85. The highest BCUT2D eigenvalue weighted by Crippen LogP contribution is 2.41. The lowest BCUT2D eigenvalue weighted by atomic mass is 9.96. The number of nitrogens with one attached hydrogen (secondary N) is 1. The molecule has 0 amide bonds. The van der Waals surface area contributed by atoms with E-state index in [9.17, 15) is 17.6 Å². The topological polar surface area (TPSA) is 15.3 Å². The third-order valence-corrected chi connectivity index (χ3v) is 4.48. The number of nitrogens with zero attached hydrogens (tertiary/aromatic N) is 1. The molecule has 0 bridgehead atoms. The van der Waals surface area contributed by atoms with Gasteiger partial charge in [-0.2, -0.15) is 13.2 Å². The minimum atomic E-state index is -4.51. The van der Waals surface area contributed by atoms with Gasteiger partial charge in [0, 0.05) is 32.2 Å². The molecule has 2 fully saturated rings. The van der Waals surface area contributed by atoms with E-state index in [0.717, 1.165) is 51.5 Å². The zero-order valence-corrected chi connectivity index (χ0v) is 14.7. The van der Waals surface area contributed by atoms with E-state index in [0.29, 0.717) is 17.5 Å². The molecule has 24 heavy (non-hydrogen) atoms. The van der Waals surface area contributed by atoms with E-state index in [1.807, 2.05) is 0 Å². The monoisotopic (exact) mass is 388 g/mol. The largest absolute Gasteiger partial charge is 0.416 e. The standard InChI is InChI=1S/C16H20F4N2.2ClH/c17-14-9-12(8-13(10-14)16(18,19)20)15(7-11-1-2-11)22-5-3-21-4-6-22;;/h8-11,15,21H,1-7H2;2*1H/t15-;;/m1../s1. The van der Waals surface area contributed by atoms with Crippen molar-refractivity contribution in [2.75, 3.05) is 26.2 Å². The molecule has 2 aliphatic rings. The SMILES string of the molecule is Cl.Cl.Fc1cc([C@@H](CC2CC2)N2CCNCC2)cc(C(F)(F)F)c1. The number of halogens is 6. The van der Waals surface area contributed by atoms with Crippen LogP contribution in [0.15, 0.2) is 18.2 Å². The summed E-state index contributed by atoms with van der Waals surface area (Å²) < 4.78 is 52.5. The number of alkyl halides is 3. The zero-order chi connectivity index (χ0) is 15.7. The summed E-state index contributed by atoms with van der Waals surface area (Å²) in [6, 6.07) is 2.85. The van der Waals surface area contributed by atoms with Crippen molar-refractivity contribution < 1.29 is 17.6 Å². The Bertz CT molecular complexity index is 529. The van der Waals surface area contributed by atoms with Crippen LogP contribution in [0.3, 0.4) is 0 Å². The third kappa shape index (κ3) is 5.48. The third-order valence-electron chi connectivity index (χ3n) is 4.48. The van der Waals surface area contributed by atoms with Crippen molar-refractivity contribution in [3.05, 3.63) is 35.1 Å². The molecule has 3 rings (SSSR count). The van der Waals surface area contributed by atoms with Crippen molar-refractivity contribution in [2.24, 2.45) is 5.92 Å². The van der Waals surface area contributed by atoms with Crippen LogP contribution in [-0.2, 0) is 6.18 Å². The number of benzene rings is 1. The molecule has 1 heterocycles. The fourth-order valence-electron chi connectivity index (χ4n) is 3.13. The first-order valence-electron chi connectivity index (χ1n) is 7.76. The molecule has 0 spiro atoms. The van der Waals surface area contributed by atoms with Gasteiger partial charge in [-0.15, -0.1) is 24.8 Å². The molecule has 1 aromatic rings. The van der Waals surface area contributed by atoms with E-state index >= 15 is 0 Å². The Labute approximate surface area is 151 Å². The minimum Gasteiger partial charge on any atom is -0.314 e. The molecule has 0 aromatic heterocycles. The first-order chi connectivity index (χ1) is 10.4. The second-order valence-corrected chi connectivity index (χ2v) is 6.25. The molecular formula is C16H22Cl2F4N2. The Morgan fingerprint density at radius 2 is 1.71 bits per heavy atom. The molecule has 1 saturated heterocycles. The summed E-state index contributed by atoms with van der Waals surface area (Å²) >= 11 is 0. The van der Waals surface area contributed by atoms with Crippen LogP contribution in [0, 0.1) is 11.7 Å². The van der Waals surface area contributed by atoms with Crippen molar-refractivity contribution in [1.82, 2.24) is 10.2 Å². The average Bonchev–Trinajstić information content (AvgIpc) is 3.28. The van der Waals surface area contributed by atoms with E-state index < -0.39 is 17.6 Å². The number of hydrogen-bond acceptors (Lipinski definition) is 2. The smallest absolute Gasteiger partial charge is 0.314 e. The Kier molecular flexibility index (Phi) is 7.78. The van der Waals surface area contributed by atoms with Gasteiger partial charge in [0.15, 0.2) is 0 Å². The van der Waals surface area contributed by atoms with E-state index in [2.05, 4.69) is 10.2 Å². The van der Waals surface area contributed by atoms with E-state index in [1.54, 1.807) is 0 Å². The molecule has 1 atom stereocenters. The van der Waals surface area contributed by atoms with Gasteiger partial charge in [0.05, 0.1) is 5.56 Å². The van der Waals surface area contributed by atoms with Crippen LogP contribution < -0.4 is 5.32 Å². The maximum atomic E-state index is 13.7. The van der Waals surface area contributed by atoms with Crippen LogP contribution in [0.2, 0.25) is 0 Å². The van der Waals surface area contributed by atoms with Crippen LogP contribution in [0.1, 0.15) is 36.4 Å². The fourth-order valence-corrected chi connectivity index (χ4v) is 3.13. The van der Waals surface area contributed by atoms with Gasteiger partial charge in [-0.05, 0) is 36.1 Å². The molecule has 1 aliphatic carbocycles. The lowest BCUT2D eigenvalue weighted by molar-refractivity contribution is -0.137. The quantitative estimate of drug-likeness (QED) is 0.767. The van der Waals surface area contributed by atoms with Crippen molar-refractivity contribution in [3.8, 4) is 0 Å². The zero-order valence-electron chi connectivity index (χ0n) is 13.1.